The Morgan fingerprint density at radius 3 is 2.16 bits per heavy atom. The van der Waals surface area contributed by atoms with Crippen LogP contribution in [0.1, 0.15) is 18.4 Å². The molecule has 1 heterocycles. The Morgan fingerprint density at radius 2 is 1.68 bits per heavy atom. The van der Waals surface area contributed by atoms with Crippen LogP contribution in [0.5, 0.6) is 0 Å². The fraction of sp³-hybridized carbons (Fsp3) is 0.500. The monoisotopic (exact) mass is 353 g/mol. The van der Waals surface area contributed by atoms with Crippen LogP contribution in [-0.4, -0.2) is 31.7 Å². The Bertz CT molecular complexity index is 535. The van der Waals surface area contributed by atoms with Crippen LogP contribution in [0.25, 0.3) is 0 Å². The summed E-state index contributed by atoms with van der Waals surface area (Å²) in [5, 5.41) is 0.642. The van der Waals surface area contributed by atoms with Crippen molar-refractivity contribution in [1.82, 2.24) is 4.31 Å². The number of hydrogen-bond donors (Lipinski definition) is 0. The third-order valence-corrected chi connectivity index (χ3v) is 5.73. The molecule has 0 amide bonds. The molecule has 106 valence electrons. The van der Waals surface area contributed by atoms with E-state index in [9.17, 15) is 17.2 Å². The van der Waals surface area contributed by atoms with E-state index in [2.05, 4.69) is 15.9 Å². The zero-order chi connectivity index (χ0) is 14.1. The Kier molecular flexibility index (Phi) is 4.27. The molecule has 0 spiro atoms. The lowest BCUT2D eigenvalue weighted by Gasteiger charge is -2.30. The molecule has 0 radical (unpaired) electrons. The lowest BCUT2D eigenvalue weighted by molar-refractivity contribution is -0.0412. The number of sulfonamides is 1. The Balaban J connectivity index is 2.18. The molecule has 0 aromatic heterocycles. The summed E-state index contributed by atoms with van der Waals surface area (Å²) < 4.78 is 51.7. The SMILES string of the molecule is O=S(=O)(c1ccc(CBr)cc1)N1CCC(F)(F)CC1. The quantitative estimate of drug-likeness (QED) is 0.783. The number of alkyl halides is 3. The molecule has 2 rings (SSSR count). The number of benzene rings is 1. The molecule has 7 heteroatoms. The largest absolute Gasteiger partial charge is 0.250 e. The molecule has 1 aliphatic heterocycles. The van der Waals surface area contributed by atoms with Crippen molar-refractivity contribution in [2.24, 2.45) is 0 Å². The van der Waals surface area contributed by atoms with Gasteiger partial charge in [-0.2, -0.15) is 4.31 Å². The fourth-order valence-electron chi connectivity index (χ4n) is 1.95. The highest BCUT2D eigenvalue weighted by molar-refractivity contribution is 9.08. The molecule has 3 nitrogen and oxygen atoms in total. The van der Waals surface area contributed by atoms with Crippen LogP contribution in [-0.2, 0) is 15.4 Å². The van der Waals surface area contributed by atoms with Gasteiger partial charge in [-0.1, -0.05) is 28.1 Å². The minimum absolute atomic E-state index is 0.129. The van der Waals surface area contributed by atoms with Gasteiger partial charge in [-0.05, 0) is 17.7 Å². The summed E-state index contributed by atoms with van der Waals surface area (Å²) in [4.78, 5) is 0.155. The van der Waals surface area contributed by atoms with Crippen molar-refractivity contribution >= 4 is 26.0 Å². The third kappa shape index (κ3) is 3.32. The number of hydrogen-bond acceptors (Lipinski definition) is 2. The van der Waals surface area contributed by atoms with Gasteiger partial charge in [0.25, 0.3) is 5.92 Å². The summed E-state index contributed by atoms with van der Waals surface area (Å²) in [6.07, 6.45) is -0.822. The van der Waals surface area contributed by atoms with Crippen molar-refractivity contribution in [3.8, 4) is 0 Å². The Morgan fingerprint density at radius 1 is 1.16 bits per heavy atom. The molecule has 0 bridgehead atoms. The number of nitrogens with zero attached hydrogens (tertiary/aromatic N) is 1. The van der Waals surface area contributed by atoms with E-state index >= 15 is 0 Å². The molecular formula is C12H14BrF2NO2S. The first-order chi connectivity index (χ1) is 8.85. The van der Waals surface area contributed by atoms with E-state index in [4.69, 9.17) is 0 Å². The van der Waals surface area contributed by atoms with Crippen LogP contribution in [0, 0.1) is 0 Å². The fourth-order valence-corrected chi connectivity index (χ4v) is 3.77. The van der Waals surface area contributed by atoms with Crippen LogP contribution in [0.3, 0.4) is 0 Å². The molecule has 0 saturated carbocycles. The smallest absolute Gasteiger partial charge is 0.207 e. The van der Waals surface area contributed by atoms with Gasteiger partial charge in [0, 0.05) is 31.3 Å². The maximum Gasteiger partial charge on any atom is 0.250 e. The highest BCUT2D eigenvalue weighted by atomic mass is 79.9. The summed E-state index contributed by atoms with van der Waals surface area (Å²) >= 11 is 3.28. The van der Waals surface area contributed by atoms with Crippen LogP contribution < -0.4 is 0 Å². The molecule has 1 aromatic rings. The van der Waals surface area contributed by atoms with E-state index in [1.165, 1.54) is 12.1 Å². The predicted octanol–water partition coefficient (Wildman–Crippen LogP) is 3.00. The summed E-state index contributed by atoms with van der Waals surface area (Å²) in [7, 11) is -3.65. The van der Waals surface area contributed by atoms with Gasteiger partial charge < -0.3 is 0 Å². The van der Waals surface area contributed by atoms with Crippen molar-refractivity contribution < 1.29 is 17.2 Å². The first kappa shape index (κ1) is 14.9. The van der Waals surface area contributed by atoms with E-state index < -0.39 is 28.8 Å². The predicted molar refractivity (Wildman–Crippen MR) is 72.0 cm³/mol. The first-order valence-corrected chi connectivity index (χ1v) is 8.44. The van der Waals surface area contributed by atoms with Crippen LogP contribution in [0.2, 0.25) is 0 Å². The average molecular weight is 354 g/mol. The Labute approximate surface area is 119 Å². The topological polar surface area (TPSA) is 37.4 Å². The van der Waals surface area contributed by atoms with E-state index in [-0.39, 0.29) is 18.0 Å². The highest BCUT2D eigenvalue weighted by Gasteiger charge is 2.38. The number of rotatable bonds is 3. The van der Waals surface area contributed by atoms with Crippen molar-refractivity contribution in [2.75, 3.05) is 13.1 Å². The Hall–Kier alpha value is -0.530. The molecule has 0 unspecified atom stereocenters. The minimum Gasteiger partial charge on any atom is -0.207 e. The van der Waals surface area contributed by atoms with Gasteiger partial charge in [0.1, 0.15) is 0 Å². The summed E-state index contributed by atoms with van der Waals surface area (Å²) in [5.74, 6) is -2.74. The second-order valence-corrected chi connectivity index (χ2v) is 7.04. The summed E-state index contributed by atoms with van der Waals surface area (Å²) in [5.41, 5.74) is 0.962. The van der Waals surface area contributed by atoms with Crippen molar-refractivity contribution in [3.05, 3.63) is 29.8 Å². The molecule has 0 aliphatic carbocycles. The van der Waals surface area contributed by atoms with Gasteiger partial charge in [-0.3, -0.25) is 0 Å². The second-order valence-electron chi connectivity index (χ2n) is 4.54. The molecule has 1 aromatic carbocycles. The molecule has 1 fully saturated rings. The molecule has 0 N–H and O–H groups in total. The van der Waals surface area contributed by atoms with Gasteiger partial charge in [-0.25, -0.2) is 17.2 Å². The lowest BCUT2D eigenvalue weighted by Crippen LogP contribution is -2.42. The van der Waals surface area contributed by atoms with Gasteiger partial charge in [-0.15, -0.1) is 0 Å². The van der Waals surface area contributed by atoms with Gasteiger partial charge in [0.05, 0.1) is 4.90 Å². The lowest BCUT2D eigenvalue weighted by atomic mass is 10.1. The van der Waals surface area contributed by atoms with Gasteiger partial charge in [0.2, 0.25) is 10.0 Å². The summed E-state index contributed by atoms with van der Waals surface area (Å²) in [6.45, 7) is -0.259. The molecule has 1 aliphatic rings. The maximum absolute atomic E-state index is 13.0. The van der Waals surface area contributed by atoms with E-state index in [1.54, 1.807) is 12.1 Å². The third-order valence-electron chi connectivity index (χ3n) is 3.17. The number of piperidine rings is 1. The average Bonchev–Trinajstić information content (AvgIpc) is 2.38. The van der Waals surface area contributed by atoms with Crippen LogP contribution in [0.15, 0.2) is 29.2 Å². The molecular weight excluding hydrogens is 340 g/mol. The zero-order valence-electron chi connectivity index (χ0n) is 10.2. The van der Waals surface area contributed by atoms with Gasteiger partial charge >= 0.3 is 0 Å². The molecule has 19 heavy (non-hydrogen) atoms. The van der Waals surface area contributed by atoms with Crippen molar-refractivity contribution in [2.45, 2.75) is 29.0 Å². The van der Waals surface area contributed by atoms with Crippen LogP contribution >= 0.6 is 15.9 Å². The maximum atomic E-state index is 13.0. The van der Waals surface area contributed by atoms with Crippen LogP contribution in [0.4, 0.5) is 8.78 Å². The molecule has 1 saturated heterocycles. The first-order valence-electron chi connectivity index (χ1n) is 5.88. The minimum atomic E-state index is -3.65. The van der Waals surface area contributed by atoms with Gasteiger partial charge in [0.15, 0.2) is 0 Å². The van der Waals surface area contributed by atoms with Crippen molar-refractivity contribution in [1.29, 1.82) is 0 Å². The summed E-state index contributed by atoms with van der Waals surface area (Å²) in [6, 6.07) is 6.44. The molecule has 0 atom stereocenters. The second kappa shape index (κ2) is 5.46. The standard InChI is InChI=1S/C12H14BrF2NO2S/c13-9-10-1-3-11(4-2-10)19(17,18)16-7-5-12(14,15)6-8-16/h1-4H,5-9H2. The van der Waals surface area contributed by atoms with E-state index in [0.29, 0.717) is 5.33 Å². The zero-order valence-corrected chi connectivity index (χ0v) is 12.6. The van der Waals surface area contributed by atoms with E-state index in [1.807, 2.05) is 0 Å². The van der Waals surface area contributed by atoms with E-state index in [0.717, 1.165) is 9.87 Å². The normalized spacial score (nSPS) is 20.4. The highest BCUT2D eigenvalue weighted by Crippen LogP contribution is 2.30. The number of halogens is 3. The van der Waals surface area contributed by atoms with Crippen molar-refractivity contribution in [3.63, 3.8) is 0 Å².